The highest BCUT2D eigenvalue weighted by atomic mass is 35.5. The van der Waals surface area contributed by atoms with E-state index in [0.717, 1.165) is 0 Å². The second-order valence-electron chi connectivity index (χ2n) is 4.68. The number of rotatable bonds is 6. The summed E-state index contributed by atoms with van der Waals surface area (Å²) in [7, 11) is 0. The molecule has 0 fully saturated rings. The summed E-state index contributed by atoms with van der Waals surface area (Å²) in [6, 6.07) is 7.29. The Morgan fingerprint density at radius 1 is 1.36 bits per heavy atom. The molecule has 1 aromatic heterocycles. The summed E-state index contributed by atoms with van der Waals surface area (Å²) in [6.45, 7) is 4.45. The molecule has 1 aromatic carbocycles. The Morgan fingerprint density at radius 2 is 2.09 bits per heavy atom. The molecule has 0 aliphatic rings. The molecule has 1 N–H and O–H groups in total. The molecule has 2 aromatic rings. The summed E-state index contributed by atoms with van der Waals surface area (Å²) in [5.74, 6) is 0.487. The van der Waals surface area contributed by atoms with Gasteiger partial charge in [0.1, 0.15) is 5.82 Å². The molecule has 6 nitrogen and oxygen atoms in total. The zero-order valence-electron chi connectivity index (χ0n) is 12.7. The maximum Gasteiger partial charge on any atom is 0.293 e. The highest BCUT2D eigenvalue weighted by molar-refractivity contribution is 6.32. The van der Waals surface area contributed by atoms with Crippen LogP contribution in [-0.4, -0.2) is 50.4 Å². The minimum absolute atomic E-state index is 0.0918. The third kappa shape index (κ3) is 3.28. The van der Waals surface area contributed by atoms with E-state index >= 15 is 0 Å². The van der Waals surface area contributed by atoms with Gasteiger partial charge in [-0.1, -0.05) is 30.7 Å². The second-order valence-corrected chi connectivity index (χ2v) is 5.08. The molecule has 1 heterocycles. The molecule has 0 unspecified atom stereocenters. The fraction of sp³-hybridized carbons (Fsp3) is 0.400. The number of aromatic nitrogens is 3. The van der Waals surface area contributed by atoms with E-state index in [1.54, 1.807) is 10.7 Å². The van der Waals surface area contributed by atoms with Gasteiger partial charge in [-0.15, -0.1) is 5.10 Å². The van der Waals surface area contributed by atoms with Gasteiger partial charge in [-0.05, 0) is 19.1 Å². The molecular weight excluding hydrogens is 304 g/mol. The molecule has 2 rings (SSSR count). The minimum Gasteiger partial charge on any atom is -0.395 e. The zero-order valence-corrected chi connectivity index (χ0v) is 13.4. The number of benzene rings is 1. The van der Waals surface area contributed by atoms with Crippen LogP contribution in [0.15, 0.2) is 24.3 Å². The van der Waals surface area contributed by atoms with Gasteiger partial charge in [0.2, 0.25) is 5.82 Å². The molecule has 118 valence electrons. The van der Waals surface area contributed by atoms with E-state index in [-0.39, 0.29) is 24.9 Å². The fourth-order valence-corrected chi connectivity index (χ4v) is 2.36. The SMILES string of the molecule is CCc1nc(C(=O)N(CC)CCO)nn1-c1ccccc1Cl. The third-order valence-electron chi connectivity index (χ3n) is 3.30. The van der Waals surface area contributed by atoms with E-state index in [1.807, 2.05) is 32.0 Å². The predicted octanol–water partition coefficient (Wildman–Crippen LogP) is 1.94. The maximum absolute atomic E-state index is 12.4. The van der Waals surface area contributed by atoms with Gasteiger partial charge in [0.05, 0.1) is 17.3 Å². The number of halogens is 1. The van der Waals surface area contributed by atoms with Crippen molar-refractivity contribution in [1.29, 1.82) is 0 Å². The van der Waals surface area contributed by atoms with Crippen molar-refractivity contribution in [2.45, 2.75) is 20.3 Å². The van der Waals surface area contributed by atoms with Crippen molar-refractivity contribution in [2.24, 2.45) is 0 Å². The van der Waals surface area contributed by atoms with E-state index in [4.69, 9.17) is 16.7 Å². The Bertz CT molecular complexity index is 657. The molecule has 0 spiro atoms. The molecular formula is C15H19ClN4O2. The summed E-state index contributed by atoms with van der Waals surface area (Å²) in [4.78, 5) is 18.2. The number of hydrogen-bond acceptors (Lipinski definition) is 4. The van der Waals surface area contributed by atoms with Crippen molar-refractivity contribution in [2.75, 3.05) is 19.7 Å². The van der Waals surface area contributed by atoms with Crippen molar-refractivity contribution in [3.63, 3.8) is 0 Å². The largest absolute Gasteiger partial charge is 0.395 e. The van der Waals surface area contributed by atoms with Gasteiger partial charge in [0.25, 0.3) is 5.91 Å². The van der Waals surface area contributed by atoms with Crippen LogP contribution in [0, 0.1) is 0 Å². The van der Waals surface area contributed by atoms with Gasteiger partial charge in [-0.2, -0.15) is 0 Å². The van der Waals surface area contributed by atoms with E-state index < -0.39 is 0 Å². The minimum atomic E-state index is -0.294. The van der Waals surface area contributed by atoms with Crippen molar-refractivity contribution < 1.29 is 9.90 Å². The van der Waals surface area contributed by atoms with Crippen LogP contribution in [0.5, 0.6) is 0 Å². The van der Waals surface area contributed by atoms with Crippen LogP contribution in [0.3, 0.4) is 0 Å². The first-order valence-electron chi connectivity index (χ1n) is 7.23. The standard InChI is InChI=1S/C15H19ClN4O2/c1-3-13-17-14(15(22)19(4-2)9-10-21)18-20(13)12-8-6-5-7-11(12)16/h5-8,21H,3-4,9-10H2,1-2H3. The number of aliphatic hydroxyl groups is 1. The molecule has 0 atom stereocenters. The van der Waals surface area contributed by atoms with Crippen molar-refractivity contribution in [3.05, 3.63) is 40.9 Å². The number of hydrogen-bond donors (Lipinski definition) is 1. The molecule has 7 heteroatoms. The van der Waals surface area contributed by atoms with E-state index in [9.17, 15) is 4.79 Å². The number of nitrogens with zero attached hydrogens (tertiary/aromatic N) is 4. The monoisotopic (exact) mass is 322 g/mol. The van der Waals surface area contributed by atoms with E-state index in [2.05, 4.69) is 10.1 Å². The van der Waals surface area contributed by atoms with E-state index in [1.165, 1.54) is 4.90 Å². The zero-order chi connectivity index (χ0) is 16.1. The summed E-state index contributed by atoms with van der Waals surface area (Å²) in [5, 5.41) is 13.9. The average molecular weight is 323 g/mol. The van der Waals surface area contributed by atoms with Crippen molar-refractivity contribution in [3.8, 4) is 5.69 Å². The number of amides is 1. The van der Waals surface area contributed by atoms with Gasteiger partial charge in [-0.25, -0.2) is 9.67 Å². The highest BCUT2D eigenvalue weighted by Crippen LogP contribution is 2.20. The molecule has 0 aliphatic heterocycles. The Labute approximate surface area is 134 Å². The van der Waals surface area contributed by atoms with Crippen LogP contribution in [0.25, 0.3) is 5.69 Å². The van der Waals surface area contributed by atoms with Crippen LogP contribution in [0.1, 0.15) is 30.3 Å². The molecule has 0 saturated heterocycles. The molecule has 1 amide bonds. The lowest BCUT2D eigenvalue weighted by atomic mass is 10.3. The summed E-state index contributed by atoms with van der Waals surface area (Å²) in [6.07, 6.45) is 0.623. The Kier molecular flexibility index (Phi) is 5.51. The molecule has 0 bridgehead atoms. The first-order valence-corrected chi connectivity index (χ1v) is 7.61. The number of para-hydroxylation sites is 1. The lowest BCUT2D eigenvalue weighted by Gasteiger charge is -2.17. The lowest BCUT2D eigenvalue weighted by Crippen LogP contribution is -2.34. The number of aryl methyl sites for hydroxylation is 1. The first-order chi connectivity index (χ1) is 10.6. The van der Waals surface area contributed by atoms with Crippen LogP contribution in [-0.2, 0) is 6.42 Å². The van der Waals surface area contributed by atoms with Crippen molar-refractivity contribution >= 4 is 17.5 Å². The van der Waals surface area contributed by atoms with Gasteiger partial charge in [0.15, 0.2) is 0 Å². The number of likely N-dealkylation sites (N-methyl/N-ethyl adjacent to an activating group) is 1. The molecule has 0 aliphatic carbocycles. The lowest BCUT2D eigenvalue weighted by molar-refractivity contribution is 0.0720. The quantitative estimate of drug-likeness (QED) is 0.882. The summed E-state index contributed by atoms with van der Waals surface area (Å²) >= 11 is 6.20. The smallest absolute Gasteiger partial charge is 0.293 e. The average Bonchev–Trinajstić information content (AvgIpc) is 2.96. The topological polar surface area (TPSA) is 71.2 Å². The van der Waals surface area contributed by atoms with Crippen molar-refractivity contribution in [1.82, 2.24) is 19.7 Å². The number of aliphatic hydroxyl groups excluding tert-OH is 1. The third-order valence-corrected chi connectivity index (χ3v) is 3.62. The fourth-order valence-electron chi connectivity index (χ4n) is 2.15. The predicted molar refractivity (Wildman–Crippen MR) is 84.4 cm³/mol. The molecule has 22 heavy (non-hydrogen) atoms. The second kappa shape index (κ2) is 7.38. The van der Waals surface area contributed by atoms with E-state index in [0.29, 0.717) is 29.5 Å². The van der Waals surface area contributed by atoms with Gasteiger partial charge < -0.3 is 10.0 Å². The van der Waals surface area contributed by atoms with Crippen LogP contribution in [0.2, 0.25) is 5.02 Å². The number of carbonyl (C=O) groups excluding carboxylic acids is 1. The molecule has 0 saturated carbocycles. The Balaban J connectivity index is 2.41. The van der Waals surface area contributed by atoms with Crippen LogP contribution in [0.4, 0.5) is 0 Å². The Hall–Kier alpha value is -1.92. The highest BCUT2D eigenvalue weighted by Gasteiger charge is 2.21. The summed E-state index contributed by atoms with van der Waals surface area (Å²) in [5.41, 5.74) is 0.692. The normalized spacial score (nSPS) is 10.7. The maximum atomic E-state index is 12.4. The summed E-state index contributed by atoms with van der Waals surface area (Å²) < 4.78 is 1.60. The first kappa shape index (κ1) is 16.5. The van der Waals surface area contributed by atoms with Gasteiger partial charge in [-0.3, -0.25) is 4.79 Å². The number of carbonyl (C=O) groups is 1. The van der Waals surface area contributed by atoms with Crippen LogP contribution >= 0.6 is 11.6 Å². The Morgan fingerprint density at radius 3 is 2.68 bits per heavy atom. The van der Waals surface area contributed by atoms with Crippen LogP contribution < -0.4 is 0 Å². The molecule has 0 radical (unpaired) electrons. The van der Waals surface area contributed by atoms with Gasteiger partial charge >= 0.3 is 0 Å². The van der Waals surface area contributed by atoms with Gasteiger partial charge in [0, 0.05) is 19.5 Å².